The first-order valence-electron chi connectivity index (χ1n) is 7.31. The van der Waals surface area contributed by atoms with Crippen LogP contribution in [0.2, 0.25) is 0 Å². The number of nitrogens with zero attached hydrogens (tertiary/aromatic N) is 2. The van der Waals surface area contributed by atoms with Gasteiger partial charge in [-0.15, -0.1) is 0 Å². The van der Waals surface area contributed by atoms with Crippen molar-refractivity contribution in [3.63, 3.8) is 0 Å². The third-order valence-electron chi connectivity index (χ3n) is 4.05. The molecule has 0 radical (unpaired) electrons. The van der Waals surface area contributed by atoms with Gasteiger partial charge in [0.2, 0.25) is 0 Å². The Morgan fingerprint density at radius 2 is 2.29 bits per heavy atom. The second-order valence-corrected chi connectivity index (χ2v) is 5.76. The van der Waals surface area contributed by atoms with E-state index >= 15 is 0 Å². The highest BCUT2D eigenvalue weighted by Crippen LogP contribution is 2.32. The highest BCUT2D eigenvalue weighted by molar-refractivity contribution is 5.79. The van der Waals surface area contributed by atoms with E-state index in [2.05, 4.69) is 10.1 Å². The number of rotatable bonds is 6. The predicted molar refractivity (Wildman–Crippen MR) is 77.1 cm³/mol. The summed E-state index contributed by atoms with van der Waals surface area (Å²) in [5, 5.41) is 11.6. The topological polar surface area (TPSA) is 71.1 Å². The third-order valence-corrected chi connectivity index (χ3v) is 4.05. The Morgan fingerprint density at radius 1 is 1.48 bits per heavy atom. The molecule has 1 saturated carbocycles. The van der Waals surface area contributed by atoms with Crippen LogP contribution in [0.1, 0.15) is 24.8 Å². The van der Waals surface area contributed by atoms with Crippen LogP contribution in [-0.4, -0.2) is 41.2 Å². The standard InChI is InChI=1S/C15H20FN3O2/c16-11-1-4-14-10(7-11)8-13(21-14)9-19(12-2-3-12)6-5-15(17)18-20/h1,4,7,12-13,20H,2-3,5-6,8-9H2,(H2,17,18). The molecule has 0 bridgehead atoms. The number of benzene rings is 1. The number of hydrogen-bond donors (Lipinski definition) is 2. The molecule has 2 aliphatic rings. The van der Waals surface area contributed by atoms with Gasteiger partial charge in [-0.05, 0) is 31.0 Å². The summed E-state index contributed by atoms with van der Waals surface area (Å²) in [7, 11) is 0. The van der Waals surface area contributed by atoms with Crippen molar-refractivity contribution in [3.8, 4) is 5.75 Å². The largest absolute Gasteiger partial charge is 0.488 e. The fourth-order valence-corrected chi connectivity index (χ4v) is 2.82. The molecular weight excluding hydrogens is 273 g/mol. The number of amidine groups is 1. The van der Waals surface area contributed by atoms with Crippen molar-refractivity contribution in [2.75, 3.05) is 13.1 Å². The van der Waals surface area contributed by atoms with E-state index < -0.39 is 0 Å². The number of oxime groups is 1. The van der Waals surface area contributed by atoms with Crippen molar-refractivity contribution in [1.29, 1.82) is 0 Å². The van der Waals surface area contributed by atoms with Crippen molar-refractivity contribution in [3.05, 3.63) is 29.6 Å². The minimum Gasteiger partial charge on any atom is -0.488 e. The number of hydrogen-bond acceptors (Lipinski definition) is 4. The summed E-state index contributed by atoms with van der Waals surface area (Å²) in [6.45, 7) is 1.55. The molecular formula is C15H20FN3O2. The lowest BCUT2D eigenvalue weighted by molar-refractivity contribution is 0.147. The highest BCUT2D eigenvalue weighted by atomic mass is 19.1. The smallest absolute Gasteiger partial charge is 0.140 e. The number of halogens is 1. The van der Waals surface area contributed by atoms with Crippen LogP contribution in [0.5, 0.6) is 5.75 Å². The fourth-order valence-electron chi connectivity index (χ4n) is 2.82. The number of fused-ring (bicyclic) bond motifs is 1. The van der Waals surface area contributed by atoms with E-state index in [0.717, 1.165) is 30.8 Å². The maximum Gasteiger partial charge on any atom is 0.140 e. The Bertz CT molecular complexity index is 546. The zero-order valence-electron chi connectivity index (χ0n) is 11.8. The van der Waals surface area contributed by atoms with Gasteiger partial charge in [0.1, 0.15) is 23.5 Å². The van der Waals surface area contributed by atoms with Crippen LogP contribution < -0.4 is 10.5 Å². The summed E-state index contributed by atoms with van der Waals surface area (Å²) in [6.07, 6.45) is 3.70. The second-order valence-electron chi connectivity index (χ2n) is 5.76. The Hall–Kier alpha value is -1.82. The predicted octanol–water partition coefficient (Wildman–Crippen LogP) is 1.73. The first-order valence-corrected chi connectivity index (χ1v) is 7.31. The van der Waals surface area contributed by atoms with Crippen molar-refractivity contribution in [2.24, 2.45) is 10.9 Å². The summed E-state index contributed by atoms with van der Waals surface area (Å²) >= 11 is 0. The van der Waals surface area contributed by atoms with Gasteiger partial charge in [-0.1, -0.05) is 5.16 Å². The molecule has 0 amide bonds. The molecule has 21 heavy (non-hydrogen) atoms. The molecule has 0 spiro atoms. The van der Waals surface area contributed by atoms with Crippen LogP contribution in [0, 0.1) is 5.82 Å². The average Bonchev–Trinajstić information content (AvgIpc) is 3.24. The van der Waals surface area contributed by atoms with Crippen molar-refractivity contribution in [2.45, 2.75) is 37.8 Å². The average molecular weight is 293 g/mol. The van der Waals surface area contributed by atoms with Crippen molar-refractivity contribution < 1.29 is 14.3 Å². The molecule has 6 heteroatoms. The first-order chi connectivity index (χ1) is 10.2. The minimum absolute atomic E-state index is 0.0506. The van der Waals surface area contributed by atoms with Crippen molar-refractivity contribution in [1.82, 2.24) is 4.90 Å². The second kappa shape index (κ2) is 5.89. The van der Waals surface area contributed by atoms with Gasteiger partial charge in [0.25, 0.3) is 0 Å². The molecule has 5 nitrogen and oxygen atoms in total. The van der Waals surface area contributed by atoms with Gasteiger partial charge in [0, 0.05) is 37.5 Å². The quantitative estimate of drug-likeness (QED) is 0.363. The molecule has 0 saturated heterocycles. The first kappa shape index (κ1) is 14.1. The molecule has 1 unspecified atom stereocenters. The van der Waals surface area contributed by atoms with Crippen LogP contribution in [-0.2, 0) is 6.42 Å². The molecule has 1 aliphatic carbocycles. The van der Waals surface area contributed by atoms with Gasteiger partial charge in [0.15, 0.2) is 0 Å². The van der Waals surface area contributed by atoms with E-state index in [1.54, 1.807) is 12.1 Å². The van der Waals surface area contributed by atoms with E-state index in [1.165, 1.54) is 18.9 Å². The highest BCUT2D eigenvalue weighted by Gasteiger charge is 2.33. The lowest BCUT2D eigenvalue weighted by Crippen LogP contribution is -2.38. The fraction of sp³-hybridized carbons (Fsp3) is 0.533. The summed E-state index contributed by atoms with van der Waals surface area (Å²) in [5.41, 5.74) is 6.47. The maximum absolute atomic E-state index is 13.2. The molecule has 1 fully saturated rings. The normalized spacial score (nSPS) is 21.4. The van der Waals surface area contributed by atoms with Crippen LogP contribution in [0.3, 0.4) is 0 Å². The van der Waals surface area contributed by atoms with E-state index in [9.17, 15) is 4.39 Å². The maximum atomic E-state index is 13.2. The van der Waals surface area contributed by atoms with E-state index in [4.69, 9.17) is 15.7 Å². The molecule has 3 N–H and O–H groups in total. The molecule has 1 heterocycles. The molecule has 3 rings (SSSR count). The Morgan fingerprint density at radius 3 is 3.00 bits per heavy atom. The van der Waals surface area contributed by atoms with E-state index in [1.807, 2.05) is 0 Å². The van der Waals surface area contributed by atoms with Gasteiger partial charge >= 0.3 is 0 Å². The van der Waals surface area contributed by atoms with Crippen molar-refractivity contribution >= 4 is 5.84 Å². The minimum atomic E-state index is -0.219. The van der Waals surface area contributed by atoms with E-state index in [-0.39, 0.29) is 17.8 Å². The molecule has 1 aliphatic heterocycles. The summed E-state index contributed by atoms with van der Waals surface area (Å²) in [4.78, 5) is 2.32. The molecule has 1 aromatic carbocycles. The van der Waals surface area contributed by atoms with Gasteiger partial charge < -0.3 is 15.7 Å². The number of nitrogens with two attached hydrogens (primary N) is 1. The molecule has 1 atom stereocenters. The Kier molecular flexibility index (Phi) is 3.96. The van der Waals surface area contributed by atoms with Crippen LogP contribution in [0.15, 0.2) is 23.4 Å². The monoisotopic (exact) mass is 293 g/mol. The van der Waals surface area contributed by atoms with Crippen LogP contribution in [0.4, 0.5) is 4.39 Å². The van der Waals surface area contributed by atoms with Gasteiger partial charge in [-0.3, -0.25) is 4.90 Å². The van der Waals surface area contributed by atoms with Gasteiger partial charge in [-0.25, -0.2) is 4.39 Å². The van der Waals surface area contributed by atoms with Crippen LogP contribution in [0.25, 0.3) is 0 Å². The van der Waals surface area contributed by atoms with Gasteiger partial charge in [0.05, 0.1) is 0 Å². The summed E-state index contributed by atoms with van der Waals surface area (Å²) in [5.74, 6) is 0.816. The van der Waals surface area contributed by atoms with Crippen LogP contribution >= 0.6 is 0 Å². The Balaban J connectivity index is 1.58. The van der Waals surface area contributed by atoms with E-state index in [0.29, 0.717) is 12.5 Å². The zero-order valence-corrected chi connectivity index (χ0v) is 11.8. The molecule has 114 valence electrons. The molecule has 1 aromatic rings. The number of ether oxygens (including phenoxy) is 1. The lowest BCUT2D eigenvalue weighted by atomic mass is 10.1. The van der Waals surface area contributed by atoms with Gasteiger partial charge in [-0.2, -0.15) is 0 Å². The summed E-state index contributed by atoms with van der Waals surface area (Å²) < 4.78 is 19.1. The zero-order chi connectivity index (χ0) is 14.8. The lowest BCUT2D eigenvalue weighted by Gasteiger charge is -2.24. The summed E-state index contributed by atoms with van der Waals surface area (Å²) in [6, 6.07) is 5.24. The Labute approximate surface area is 123 Å². The molecule has 0 aromatic heterocycles. The third kappa shape index (κ3) is 3.44. The SMILES string of the molecule is NC(CCN(CC1Cc2cc(F)ccc2O1)C1CC1)=NO.